The summed E-state index contributed by atoms with van der Waals surface area (Å²) in [5.74, 6) is 0.142. The number of aromatic hydroxyl groups is 1. The summed E-state index contributed by atoms with van der Waals surface area (Å²) in [6.07, 6.45) is 0.701. The molecule has 5 nitrogen and oxygen atoms in total. The lowest BCUT2D eigenvalue weighted by Crippen LogP contribution is -2.25. The molecule has 0 spiro atoms. The average Bonchev–Trinajstić information content (AvgIpc) is 3.09. The van der Waals surface area contributed by atoms with E-state index in [0.717, 1.165) is 21.8 Å². The van der Waals surface area contributed by atoms with Gasteiger partial charge < -0.3 is 15.2 Å². The summed E-state index contributed by atoms with van der Waals surface area (Å²) < 4.78 is 5.09. The van der Waals surface area contributed by atoms with Gasteiger partial charge >= 0.3 is 0 Å². The first kappa shape index (κ1) is 17.9. The van der Waals surface area contributed by atoms with Crippen LogP contribution >= 0.6 is 11.3 Å². The highest BCUT2D eigenvalue weighted by Gasteiger charge is 2.12. The van der Waals surface area contributed by atoms with Gasteiger partial charge in [0, 0.05) is 17.5 Å². The van der Waals surface area contributed by atoms with Crippen molar-refractivity contribution < 1.29 is 14.6 Å². The SMILES string of the molecule is COc1ccc(O)c(C(=O)NCCc2ccc(-c3csc(C)n3)cc2)c1. The number of nitrogens with zero attached hydrogens (tertiary/aromatic N) is 1. The molecule has 6 heteroatoms. The third kappa shape index (κ3) is 4.21. The van der Waals surface area contributed by atoms with Crippen LogP contribution in [0.5, 0.6) is 11.5 Å². The molecule has 26 heavy (non-hydrogen) atoms. The van der Waals surface area contributed by atoms with Crippen LogP contribution in [0.15, 0.2) is 47.8 Å². The van der Waals surface area contributed by atoms with E-state index in [-0.39, 0.29) is 17.2 Å². The fourth-order valence-electron chi connectivity index (χ4n) is 2.58. The number of benzene rings is 2. The lowest BCUT2D eigenvalue weighted by molar-refractivity contribution is 0.0951. The third-order valence-electron chi connectivity index (χ3n) is 4.02. The van der Waals surface area contributed by atoms with Gasteiger partial charge in [-0.1, -0.05) is 24.3 Å². The van der Waals surface area contributed by atoms with Crippen LogP contribution in [0.1, 0.15) is 20.9 Å². The quantitative estimate of drug-likeness (QED) is 0.694. The van der Waals surface area contributed by atoms with Crippen molar-refractivity contribution >= 4 is 17.2 Å². The van der Waals surface area contributed by atoms with Crippen molar-refractivity contribution in [3.63, 3.8) is 0 Å². The molecule has 0 unspecified atom stereocenters. The zero-order valence-electron chi connectivity index (χ0n) is 14.7. The van der Waals surface area contributed by atoms with E-state index in [1.54, 1.807) is 17.4 Å². The summed E-state index contributed by atoms with van der Waals surface area (Å²) in [5, 5.41) is 15.8. The second-order valence-corrected chi connectivity index (χ2v) is 6.90. The van der Waals surface area contributed by atoms with Crippen molar-refractivity contribution in [1.82, 2.24) is 10.3 Å². The van der Waals surface area contributed by atoms with Gasteiger partial charge in [0.25, 0.3) is 5.91 Å². The molecule has 0 fully saturated rings. The lowest BCUT2D eigenvalue weighted by atomic mass is 10.1. The van der Waals surface area contributed by atoms with E-state index in [4.69, 9.17) is 4.74 Å². The number of hydrogen-bond acceptors (Lipinski definition) is 5. The Labute approximate surface area is 156 Å². The van der Waals surface area contributed by atoms with E-state index in [1.807, 2.05) is 36.6 Å². The highest BCUT2D eigenvalue weighted by atomic mass is 32.1. The molecule has 1 amide bonds. The minimum absolute atomic E-state index is 0.0637. The van der Waals surface area contributed by atoms with Gasteiger partial charge in [-0.05, 0) is 37.1 Å². The molecule has 0 saturated heterocycles. The minimum atomic E-state index is -0.323. The molecule has 2 aromatic carbocycles. The lowest BCUT2D eigenvalue weighted by Gasteiger charge is -2.09. The van der Waals surface area contributed by atoms with E-state index in [1.165, 1.54) is 19.2 Å². The Balaban J connectivity index is 1.57. The molecule has 1 aromatic heterocycles. The van der Waals surface area contributed by atoms with Crippen LogP contribution in [0, 0.1) is 6.92 Å². The summed E-state index contributed by atoms with van der Waals surface area (Å²) in [4.78, 5) is 16.7. The number of carbonyl (C=O) groups excluding carboxylic acids is 1. The monoisotopic (exact) mass is 368 g/mol. The van der Waals surface area contributed by atoms with E-state index in [2.05, 4.69) is 10.3 Å². The maximum atomic E-state index is 12.2. The third-order valence-corrected chi connectivity index (χ3v) is 4.79. The standard InChI is InChI=1S/C20H20N2O3S/c1-13-22-18(12-26-13)15-5-3-14(4-6-15)9-10-21-20(24)17-11-16(25-2)7-8-19(17)23/h3-8,11-12,23H,9-10H2,1-2H3,(H,21,24). The molecule has 0 aliphatic carbocycles. The van der Waals surface area contributed by atoms with Gasteiger partial charge in [0.05, 0.1) is 23.4 Å². The fourth-order valence-corrected chi connectivity index (χ4v) is 3.20. The van der Waals surface area contributed by atoms with Gasteiger partial charge in [-0.2, -0.15) is 0 Å². The van der Waals surface area contributed by atoms with Gasteiger partial charge in [0.1, 0.15) is 11.5 Å². The second kappa shape index (κ2) is 8.01. The topological polar surface area (TPSA) is 71.5 Å². The number of aromatic nitrogens is 1. The smallest absolute Gasteiger partial charge is 0.255 e. The molecule has 134 valence electrons. The number of ether oxygens (including phenoxy) is 1. The highest BCUT2D eigenvalue weighted by molar-refractivity contribution is 7.09. The predicted molar refractivity (Wildman–Crippen MR) is 103 cm³/mol. The summed E-state index contributed by atoms with van der Waals surface area (Å²) in [6, 6.07) is 12.7. The molecule has 3 rings (SSSR count). The van der Waals surface area contributed by atoms with Crippen molar-refractivity contribution in [2.45, 2.75) is 13.3 Å². The van der Waals surface area contributed by atoms with Crippen molar-refractivity contribution in [2.75, 3.05) is 13.7 Å². The molecule has 0 atom stereocenters. The molecular weight excluding hydrogens is 348 g/mol. The number of nitrogens with one attached hydrogen (secondary N) is 1. The number of aryl methyl sites for hydroxylation is 1. The molecule has 3 aromatic rings. The summed E-state index contributed by atoms with van der Waals surface area (Å²) in [6.45, 7) is 2.47. The molecule has 0 aliphatic rings. The largest absolute Gasteiger partial charge is 0.507 e. The number of phenolic OH excluding ortho intramolecular Hbond substituents is 1. The summed E-state index contributed by atoms with van der Waals surface area (Å²) >= 11 is 1.63. The Morgan fingerprint density at radius 2 is 2.00 bits per heavy atom. The molecule has 1 heterocycles. The number of hydrogen-bond donors (Lipinski definition) is 2. The van der Waals surface area contributed by atoms with Crippen LogP contribution in [0.25, 0.3) is 11.3 Å². The normalized spacial score (nSPS) is 10.5. The molecular formula is C20H20N2O3S. The Morgan fingerprint density at radius 1 is 1.23 bits per heavy atom. The first-order chi connectivity index (χ1) is 12.6. The van der Waals surface area contributed by atoms with Crippen LogP contribution in [-0.4, -0.2) is 29.7 Å². The van der Waals surface area contributed by atoms with Crippen LogP contribution in [0.4, 0.5) is 0 Å². The maximum Gasteiger partial charge on any atom is 0.255 e. The Kier molecular flexibility index (Phi) is 5.53. The average molecular weight is 368 g/mol. The number of methoxy groups -OCH3 is 1. The van der Waals surface area contributed by atoms with Crippen LogP contribution < -0.4 is 10.1 Å². The molecule has 0 radical (unpaired) electrons. The maximum absolute atomic E-state index is 12.2. The number of rotatable bonds is 6. The fraction of sp³-hybridized carbons (Fsp3) is 0.200. The molecule has 0 saturated carbocycles. The summed E-state index contributed by atoms with van der Waals surface area (Å²) in [7, 11) is 1.52. The van der Waals surface area contributed by atoms with Gasteiger partial charge in [-0.25, -0.2) is 4.98 Å². The van der Waals surface area contributed by atoms with Crippen molar-refractivity contribution in [2.24, 2.45) is 0 Å². The van der Waals surface area contributed by atoms with Crippen LogP contribution in [-0.2, 0) is 6.42 Å². The van der Waals surface area contributed by atoms with Crippen molar-refractivity contribution in [3.8, 4) is 22.8 Å². The second-order valence-electron chi connectivity index (χ2n) is 5.84. The zero-order valence-corrected chi connectivity index (χ0v) is 15.5. The first-order valence-electron chi connectivity index (χ1n) is 8.23. The Bertz CT molecular complexity index is 904. The van der Waals surface area contributed by atoms with E-state index < -0.39 is 0 Å². The van der Waals surface area contributed by atoms with Gasteiger partial charge in [-0.15, -0.1) is 11.3 Å². The van der Waals surface area contributed by atoms with Gasteiger partial charge in [0.2, 0.25) is 0 Å². The molecule has 2 N–H and O–H groups in total. The number of carbonyl (C=O) groups is 1. The molecule has 0 bridgehead atoms. The number of amides is 1. The summed E-state index contributed by atoms with van der Waals surface area (Å²) in [5.41, 5.74) is 3.40. The van der Waals surface area contributed by atoms with Crippen molar-refractivity contribution in [3.05, 3.63) is 64.0 Å². The Hall–Kier alpha value is -2.86. The van der Waals surface area contributed by atoms with E-state index >= 15 is 0 Å². The van der Waals surface area contributed by atoms with Crippen molar-refractivity contribution in [1.29, 1.82) is 0 Å². The molecule has 0 aliphatic heterocycles. The van der Waals surface area contributed by atoms with Crippen LogP contribution in [0.3, 0.4) is 0 Å². The van der Waals surface area contributed by atoms with E-state index in [9.17, 15) is 9.90 Å². The van der Waals surface area contributed by atoms with E-state index in [0.29, 0.717) is 18.7 Å². The minimum Gasteiger partial charge on any atom is -0.507 e. The predicted octanol–water partition coefficient (Wildman–Crippen LogP) is 3.81. The first-order valence-corrected chi connectivity index (χ1v) is 9.11. The number of thiazole rings is 1. The van der Waals surface area contributed by atoms with Gasteiger partial charge in [-0.3, -0.25) is 4.79 Å². The Morgan fingerprint density at radius 3 is 2.65 bits per heavy atom. The van der Waals surface area contributed by atoms with Crippen LogP contribution in [0.2, 0.25) is 0 Å². The highest BCUT2D eigenvalue weighted by Crippen LogP contribution is 2.23. The zero-order chi connectivity index (χ0) is 18.5. The number of phenols is 1. The van der Waals surface area contributed by atoms with Gasteiger partial charge in [0.15, 0.2) is 0 Å².